The van der Waals surface area contributed by atoms with E-state index < -0.39 is 5.82 Å². The number of halogens is 2. The van der Waals surface area contributed by atoms with Crippen molar-refractivity contribution in [2.24, 2.45) is 5.92 Å². The van der Waals surface area contributed by atoms with Gasteiger partial charge in [-0.2, -0.15) is 4.98 Å². The van der Waals surface area contributed by atoms with Crippen molar-refractivity contribution in [3.63, 3.8) is 0 Å². The molecule has 0 aliphatic rings. The topological polar surface area (TPSA) is 70.3 Å². The smallest absolute Gasteiger partial charge is 0.295 e. The second-order valence-corrected chi connectivity index (χ2v) is 6.92. The molecule has 0 aliphatic heterocycles. The van der Waals surface area contributed by atoms with Crippen LogP contribution in [-0.2, 0) is 0 Å². The number of anilines is 1. The Labute approximate surface area is 162 Å². The summed E-state index contributed by atoms with van der Waals surface area (Å²) in [6.07, 6.45) is 0. The second kappa shape index (κ2) is 9.17. The Hall–Kier alpha value is -2.15. The highest BCUT2D eigenvalue weighted by molar-refractivity contribution is 6.30. The number of benzene rings is 2. The zero-order chi connectivity index (χ0) is 19.2. The molecule has 144 valence electrons. The molecule has 2 atom stereocenters. The highest BCUT2D eigenvalue weighted by Gasteiger charge is 2.20. The van der Waals surface area contributed by atoms with E-state index in [0.717, 1.165) is 16.7 Å². The first-order valence-corrected chi connectivity index (χ1v) is 9.32. The maximum absolute atomic E-state index is 13.9. The minimum Gasteiger partial charge on any atom is -0.424 e. The van der Waals surface area contributed by atoms with Crippen LogP contribution < -0.4 is 10.6 Å². The number of aliphatic hydroxyl groups is 1. The predicted octanol–water partition coefficient (Wildman–Crippen LogP) is 4.03. The molecule has 0 saturated heterocycles. The van der Waals surface area contributed by atoms with E-state index in [-0.39, 0.29) is 23.5 Å². The number of nitrogens with one attached hydrogen (secondary N) is 2. The van der Waals surface area contributed by atoms with E-state index in [0.29, 0.717) is 25.6 Å². The van der Waals surface area contributed by atoms with E-state index in [1.54, 1.807) is 6.07 Å². The summed E-state index contributed by atoms with van der Waals surface area (Å²) in [7, 11) is 0. The lowest BCUT2D eigenvalue weighted by Gasteiger charge is -2.25. The van der Waals surface area contributed by atoms with Gasteiger partial charge >= 0.3 is 0 Å². The van der Waals surface area contributed by atoms with Gasteiger partial charge in [-0.05, 0) is 41.7 Å². The fourth-order valence-electron chi connectivity index (χ4n) is 3.03. The number of nitrogens with zero attached hydrogens (tertiary/aromatic N) is 1. The van der Waals surface area contributed by atoms with Crippen molar-refractivity contribution in [2.45, 2.75) is 12.8 Å². The molecule has 1 aromatic heterocycles. The number of aromatic nitrogens is 1. The maximum atomic E-state index is 13.9. The molecule has 0 radical (unpaired) electrons. The van der Waals surface area contributed by atoms with Crippen LogP contribution in [0.2, 0.25) is 5.02 Å². The van der Waals surface area contributed by atoms with Gasteiger partial charge < -0.3 is 20.2 Å². The van der Waals surface area contributed by atoms with Gasteiger partial charge in [-0.25, -0.2) is 4.39 Å². The van der Waals surface area contributed by atoms with E-state index in [2.05, 4.69) is 15.6 Å². The molecule has 1 heterocycles. The van der Waals surface area contributed by atoms with Gasteiger partial charge in [-0.1, -0.05) is 36.7 Å². The molecule has 0 amide bonds. The summed E-state index contributed by atoms with van der Waals surface area (Å²) in [4.78, 5) is 4.42. The van der Waals surface area contributed by atoms with Gasteiger partial charge in [0.25, 0.3) is 6.01 Å². The Morgan fingerprint density at radius 3 is 2.78 bits per heavy atom. The Balaban J connectivity index is 1.72. The van der Waals surface area contributed by atoms with Crippen LogP contribution in [0.3, 0.4) is 0 Å². The monoisotopic (exact) mass is 391 g/mol. The average Bonchev–Trinajstić information content (AvgIpc) is 3.09. The molecular weight excluding hydrogens is 369 g/mol. The minimum absolute atomic E-state index is 0.0554. The lowest BCUT2D eigenvalue weighted by molar-refractivity contribution is 0.285. The summed E-state index contributed by atoms with van der Waals surface area (Å²) in [5, 5.41) is 15.6. The Bertz CT molecular complexity index is 854. The zero-order valence-corrected chi connectivity index (χ0v) is 15.8. The first kappa shape index (κ1) is 19.6. The summed E-state index contributed by atoms with van der Waals surface area (Å²) in [5.41, 5.74) is 2.39. The Morgan fingerprint density at radius 2 is 2.04 bits per heavy atom. The van der Waals surface area contributed by atoms with E-state index in [4.69, 9.17) is 21.1 Å². The van der Waals surface area contributed by atoms with Crippen molar-refractivity contribution in [2.75, 3.05) is 31.6 Å². The third-order valence-corrected chi connectivity index (χ3v) is 4.99. The van der Waals surface area contributed by atoms with Crippen molar-refractivity contribution in [3.8, 4) is 0 Å². The molecule has 3 rings (SSSR count). The van der Waals surface area contributed by atoms with Crippen LogP contribution in [-0.4, -0.2) is 36.3 Å². The number of rotatable bonds is 9. The predicted molar refractivity (Wildman–Crippen MR) is 106 cm³/mol. The molecule has 2 aromatic carbocycles. The van der Waals surface area contributed by atoms with Crippen LogP contribution in [0.1, 0.15) is 18.4 Å². The molecule has 0 spiro atoms. The van der Waals surface area contributed by atoms with Crippen molar-refractivity contribution < 1.29 is 13.9 Å². The number of oxazole rings is 1. The summed E-state index contributed by atoms with van der Waals surface area (Å²) >= 11 is 5.80. The maximum Gasteiger partial charge on any atom is 0.295 e. The lowest BCUT2D eigenvalue weighted by Crippen LogP contribution is -2.33. The average molecular weight is 392 g/mol. The van der Waals surface area contributed by atoms with Gasteiger partial charge in [0, 0.05) is 19.6 Å². The quantitative estimate of drug-likeness (QED) is 0.480. The van der Waals surface area contributed by atoms with Crippen LogP contribution in [0.4, 0.5) is 10.4 Å². The third kappa shape index (κ3) is 4.97. The van der Waals surface area contributed by atoms with Crippen LogP contribution in [0.25, 0.3) is 11.1 Å². The number of para-hydroxylation sites is 2. The van der Waals surface area contributed by atoms with Crippen molar-refractivity contribution >= 4 is 28.7 Å². The first-order valence-electron chi connectivity index (χ1n) is 8.94. The van der Waals surface area contributed by atoms with Gasteiger partial charge in [0.1, 0.15) is 11.3 Å². The van der Waals surface area contributed by atoms with E-state index in [9.17, 15) is 4.39 Å². The highest BCUT2D eigenvalue weighted by atomic mass is 35.5. The first-order chi connectivity index (χ1) is 13.1. The molecule has 0 saturated carbocycles. The Kier molecular flexibility index (Phi) is 6.66. The largest absolute Gasteiger partial charge is 0.424 e. The molecule has 27 heavy (non-hydrogen) atoms. The fraction of sp³-hybridized carbons (Fsp3) is 0.350. The molecule has 0 aliphatic carbocycles. The van der Waals surface area contributed by atoms with Crippen LogP contribution in [0.5, 0.6) is 0 Å². The summed E-state index contributed by atoms with van der Waals surface area (Å²) in [6, 6.07) is 12.9. The number of fused-ring (bicyclic) bond motifs is 1. The standard InChI is InChI=1S/C20H23ClFN3O2/c1-13(14-6-7-16(21)17(22)10-14)15(11-23-8-9-26)12-24-20-25-18-4-2-3-5-19(18)27-20/h2-7,10,13,15,23,26H,8-9,11-12H2,1H3,(H,24,25)/t13-,15-/m0/s1. The van der Waals surface area contributed by atoms with Gasteiger partial charge in [0.15, 0.2) is 5.58 Å². The number of hydrogen-bond donors (Lipinski definition) is 3. The molecule has 7 heteroatoms. The summed E-state index contributed by atoms with van der Waals surface area (Å²) in [6.45, 7) is 3.84. The third-order valence-electron chi connectivity index (χ3n) is 4.68. The van der Waals surface area contributed by atoms with Crippen molar-refractivity contribution in [1.82, 2.24) is 10.3 Å². The van der Waals surface area contributed by atoms with Gasteiger partial charge in [0.05, 0.1) is 11.6 Å². The van der Waals surface area contributed by atoms with Crippen LogP contribution in [0, 0.1) is 11.7 Å². The molecular formula is C20H23ClFN3O2. The van der Waals surface area contributed by atoms with Crippen LogP contribution >= 0.6 is 11.6 Å². The minimum atomic E-state index is -0.421. The molecule has 0 unspecified atom stereocenters. The highest BCUT2D eigenvalue weighted by Crippen LogP contribution is 2.28. The van der Waals surface area contributed by atoms with Gasteiger partial charge in [0.2, 0.25) is 0 Å². The zero-order valence-electron chi connectivity index (χ0n) is 15.1. The van der Waals surface area contributed by atoms with E-state index in [1.165, 1.54) is 6.07 Å². The SMILES string of the molecule is C[C@@H](c1ccc(Cl)c(F)c1)[C@@H](CNCCO)CNc1nc2ccccc2o1. The van der Waals surface area contributed by atoms with Crippen molar-refractivity contribution in [3.05, 3.63) is 58.9 Å². The van der Waals surface area contributed by atoms with Crippen molar-refractivity contribution in [1.29, 1.82) is 0 Å². The number of hydrogen-bond acceptors (Lipinski definition) is 5. The molecule has 3 N–H and O–H groups in total. The normalized spacial score (nSPS) is 13.6. The molecule has 0 bridgehead atoms. The van der Waals surface area contributed by atoms with Gasteiger partial charge in [-0.15, -0.1) is 0 Å². The lowest BCUT2D eigenvalue weighted by atomic mass is 9.87. The second-order valence-electron chi connectivity index (χ2n) is 6.52. The molecule has 5 nitrogen and oxygen atoms in total. The van der Waals surface area contributed by atoms with Gasteiger partial charge in [-0.3, -0.25) is 0 Å². The Morgan fingerprint density at radius 1 is 1.22 bits per heavy atom. The van der Waals surface area contributed by atoms with Crippen LogP contribution in [0.15, 0.2) is 46.9 Å². The summed E-state index contributed by atoms with van der Waals surface area (Å²) in [5.74, 6) is -0.248. The fourth-order valence-corrected chi connectivity index (χ4v) is 3.14. The van der Waals surface area contributed by atoms with E-state index in [1.807, 2.05) is 37.3 Å². The summed E-state index contributed by atoms with van der Waals surface area (Å²) < 4.78 is 19.6. The molecule has 3 aromatic rings. The molecule has 0 fully saturated rings. The number of aliphatic hydroxyl groups excluding tert-OH is 1. The van der Waals surface area contributed by atoms with E-state index >= 15 is 0 Å².